The molecule has 188 valence electrons. The summed E-state index contributed by atoms with van der Waals surface area (Å²) in [5.74, 6) is 2.61. The lowest BCUT2D eigenvalue weighted by atomic mass is 9.64. The molecule has 4 atom stereocenters. The smallest absolute Gasteiger partial charge is 0.217 e. The molecule has 0 unspecified atom stereocenters. The van der Waals surface area contributed by atoms with Crippen molar-refractivity contribution in [3.63, 3.8) is 0 Å². The number of hydrogen-bond donors (Lipinski definition) is 1. The molecule has 2 aliphatic heterocycles. The van der Waals surface area contributed by atoms with Crippen LogP contribution in [0.25, 0.3) is 11.5 Å². The molecule has 3 fully saturated rings. The minimum Gasteiger partial charge on any atom is -0.473 e. The summed E-state index contributed by atoms with van der Waals surface area (Å²) in [6.07, 6.45) is 9.65. The molecule has 2 aliphatic carbocycles. The largest absolute Gasteiger partial charge is 0.473 e. The zero-order valence-electron chi connectivity index (χ0n) is 21.0. The molecule has 8 nitrogen and oxygen atoms in total. The van der Waals surface area contributed by atoms with Crippen LogP contribution in [0.15, 0.2) is 10.6 Å². The number of ether oxygens (including phenoxy) is 1. The second-order valence-electron chi connectivity index (χ2n) is 11.1. The second kappa shape index (κ2) is 9.28. The summed E-state index contributed by atoms with van der Waals surface area (Å²) in [5, 5.41) is 7.95. The van der Waals surface area contributed by atoms with Gasteiger partial charge < -0.3 is 14.6 Å². The van der Waals surface area contributed by atoms with E-state index in [2.05, 4.69) is 29.3 Å². The number of fused-ring (bicyclic) bond motifs is 2. The highest BCUT2D eigenvalue weighted by Crippen LogP contribution is 2.47. The fourth-order valence-corrected chi connectivity index (χ4v) is 6.89. The van der Waals surface area contributed by atoms with Crippen molar-refractivity contribution in [1.82, 2.24) is 25.3 Å². The van der Waals surface area contributed by atoms with Crippen LogP contribution in [0.2, 0.25) is 0 Å². The van der Waals surface area contributed by atoms with Gasteiger partial charge in [0.05, 0.1) is 11.1 Å². The van der Waals surface area contributed by atoms with Gasteiger partial charge in [0.2, 0.25) is 5.88 Å². The highest BCUT2D eigenvalue weighted by atomic mass is 16.5. The Morgan fingerprint density at radius 1 is 1.17 bits per heavy atom. The first-order valence-electron chi connectivity index (χ1n) is 13.5. The third kappa shape index (κ3) is 4.08. The first kappa shape index (κ1) is 23.1. The number of nitrogens with zero attached hydrogens (tertiary/aromatic N) is 4. The number of hydrogen-bond acceptors (Lipinski definition) is 8. The third-order valence-electron chi connectivity index (χ3n) is 8.88. The number of carbonyl (C=O) groups is 1. The molecule has 0 radical (unpaired) electrons. The SMILES string of the molecule is C[C@H](Oc1cc([C@@H]2CCNC2)nc(-c2noc3c2CCC[C@@]32CCCCC2=O)n1)[C@@H]1CCCN1C. The molecule has 0 aromatic carbocycles. The maximum atomic E-state index is 13.1. The van der Waals surface area contributed by atoms with Crippen LogP contribution in [-0.2, 0) is 16.6 Å². The van der Waals surface area contributed by atoms with Crippen molar-refractivity contribution in [1.29, 1.82) is 0 Å². The molecule has 2 aromatic heterocycles. The van der Waals surface area contributed by atoms with Gasteiger partial charge >= 0.3 is 0 Å². The molecule has 2 saturated heterocycles. The molecular weight excluding hydrogens is 442 g/mol. The Morgan fingerprint density at radius 3 is 2.83 bits per heavy atom. The van der Waals surface area contributed by atoms with E-state index in [0.29, 0.717) is 41.6 Å². The van der Waals surface area contributed by atoms with E-state index in [1.807, 2.05) is 6.07 Å². The molecule has 1 N–H and O–H groups in total. The summed E-state index contributed by atoms with van der Waals surface area (Å²) < 4.78 is 12.4. The van der Waals surface area contributed by atoms with Gasteiger partial charge in [-0.2, -0.15) is 4.98 Å². The predicted molar refractivity (Wildman–Crippen MR) is 132 cm³/mol. The van der Waals surface area contributed by atoms with Crippen LogP contribution in [-0.4, -0.2) is 64.6 Å². The van der Waals surface area contributed by atoms with Crippen molar-refractivity contribution in [2.45, 2.75) is 94.6 Å². The van der Waals surface area contributed by atoms with Gasteiger partial charge in [0.1, 0.15) is 11.9 Å². The number of likely N-dealkylation sites (N-methyl/N-ethyl adjacent to an activating group) is 1. The third-order valence-corrected chi connectivity index (χ3v) is 8.88. The molecule has 6 rings (SSSR count). The molecule has 1 spiro atoms. The van der Waals surface area contributed by atoms with Crippen LogP contribution < -0.4 is 10.1 Å². The Bertz CT molecular complexity index is 1090. The van der Waals surface area contributed by atoms with Gasteiger partial charge in [-0.3, -0.25) is 9.69 Å². The van der Waals surface area contributed by atoms with E-state index >= 15 is 0 Å². The van der Waals surface area contributed by atoms with Crippen LogP contribution >= 0.6 is 0 Å². The number of ketones is 1. The fraction of sp³-hybridized carbons (Fsp3) is 0.704. The highest BCUT2D eigenvalue weighted by Gasteiger charge is 2.48. The number of Topliss-reactive ketones (excluding diaryl/α,β-unsaturated/α-hetero) is 1. The number of aromatic nitrogens is 3. The first-order valence-corrected chi connectivity index (χ1v) is 13.5. The Balaban J connectivity index is 1.37. The number of rotatable bonds is 5. The van der Waals surface area contributed by atoms with Crippen LogP contribution in [0, 0.1) is 0 Å². The Kier molecular flexibility index (Phi) is 6.13. The molecular formula is C27H37N5O3. The molecule has 35 heavy (non-hydrogen) atoms. The lowest BCUT2D eigenvalue weighted by Crippen LogP contribution is -2.41. The summed E-state index contributed by atoms with van der Waals surface area (Å²) in [6.45, 7) is 5.15. The molecule has 0 amide bonds. The van der Waals surface area contributed by atoms with Crippen LogP contribution in [0.5, 0.6) is 5.88 Å². The Labute approximate surface area is 207 Å². The van der Waals surface area contributed by atoms with Crippen LogP contribution in [0.4, 0.5) is 0 Å². The van der Waals surface area contributed by atoms with E-state index in [0.717, 1.165) is 88.0 Å². The van der Waals surface area contributed by atoms with Crippen LogP contribution in [0.1, 0.15) is 87.6 Å². The minimum atomic E-state index is -0.495. The Morgan fingerprint density at radius 2 is 2.06 bits per heavy atom. The lowest BCUT2D eigenvalue weighted by molar-refractivity contribution is -0.128. The van der Waals surface area contributed by atoms with Gasteiger partial charge in [0, 0.05) is 36.6 Å². The van der Waals surface area contributed by atoms with Gasteiger partial charge in [-0.15, -0.1) is 0 Å². The normalized spacial score (nSPS) is 30.1. The summed E-state index contributed by atoms with van der Waals surface area (Å²) in [4.78, 5) is 25.3. The maximum Gasteiger partial charge on any atom is 0.217 e. The molecule has 4 heterocycles. The van der Waals surface area contributed by atoms with E-state index < -0.39 is 5.41 Å². The first-order chi connectivity index (χ1) is 17.0. The summed E-state index contributed by atoms with van der Waals surface area (Å²) in [5.41, 5.74) is 2.23. The zero-order valence-corrected chi connectivity index (χ0v) is 21.0. The second-order valence-corrected chi connectivity index (χ2v) is 11.1. The minimum absolute atomic E-state index is 0.0363. The van der Waals surface area contributed by atoms with Gasteiger partial charge in [-0.25, -0.2) is 4.98 Å². The zero-order chi connectivity index (χ0) is 24.0. The fourth-order valence-electron chi connectivity index (χ4n) is 6.89. The van der Waals surface area contributed by atoms with E-state index in [9.17, 15) is 4.79 Å². The van der Waals surface area contributed by atoms with E-state index in [1.54, 1.807) is 0 Å². The molecule has 1 saturated carbocycles. The van der Waals surface area contributed by atoms with E-state index in [4.69, 9.17) is 19.2 Å². The molecule has 4 aliphatic rings. The summed E-state index contributed by atoms with van der Waals surface area (Å²) in [7, 11) is 2.17. The molecule has 8 heteroatoms. The summed E-state index contributed by atoms with van der Waals surface area (Å²) in [6, 6.07) is 2.41. The maximum absolute atomic E-state index is 13.1. The van der Waals surface area contributed by atoms with Crippen molar-refractivity contribution in [3.8, 4) is 17.4 Å². The number of likely N-dealkylation sites (tertiary alicyclic amines) is 1. The average Bonchev–Trinajstić information content (AvgIpc) is 3.62. The highest BCUT2D eigenvalue weighted by molar-refractivity contribution is 5.91. The lowest BCUT2D eigenvalue weighted by Gasteiger charge is -2.36. The van der Waals surface area contributed by atoms with Crippen molar-refractivity contribution in [2.24, 2.45) is 0 Å². The van der Waals surface area contributed by atoms with Crippen LogP contribution in [0.3, 0.4) is 0 Å². The monoisotopic (exact) mass is 479 g/mol. The van der Waals surface area contributed by atoms with Crippen molar-refractivity contribution in [3.05, 3.63) is 23.1 Å². The molecule has 2 aromatic rings. The topological polar surface area (TPSA) is 93.4 Å². The number of nitrogens with one attached hydrogen (secondary N) is 1. The Hall–Kier alpha value is -2.32. The summed E-state index contributed by atoms with van der Waals surface area (Å²) >= 11 is 0. The van der Waals surface area contributed by atoms with Gasteiger partial charge in [0.25, 0.3) is 0 Å². The van der Waals surface area contributed by atoms with E-state index in [-0.39, 0.29) is 6.10 Å². The van der Waals surface area contributed by atoms with Gasteiger partial charge in [-0.05, 0) is 78.4 Å². The van der Waals surface area contributed by atoms with Crippen molar-refractivity contribution in [2.75, 3.05) is 26.7 Å². The van der Waals surface area contributed by atoms with Crippen molar-refractivity contribution < 1.29 is 14.1 Å². The molecule has 0 bridgehead atoms. The van der Waals surface area contributed by atoms with Gasteiger partial charge in [0.15, 0.2) is 17.3 Å². The predicted octanol–water partition coefficient (Wildman–Crippen LogP) is 3.79. The van der Waals surface area contributed by atoms with E-state index in [1.165, 1.54) is 6.42 Å². The number of carbonyl (C=O) groups excluding carboxylic acids is 1. The quantitative estimate of drug-likeness (QED) is 0.692. The van der Waals surface area contributed by atoms with Crippen molar-refractivity contribution >= 4 is 5.78 Å². The van der Waals surface area contributed by atoms with Gasteiger partial charge in [-0.1, -0.05) is 11.6 Å². The average molecular weight is 480 g/mol. The standard InChI is InChI=1S/C27H37N5O3/c1-17(21-8-6-14-32(21)2)34-23-15-20(18-10-13-28-16-18)29-26(30-23)24-19-7-5-12-27(25(19)35-31-24)11-4-3-9-22(27)33/h15,17-18,21,28H,3-14,16H2,1-2H3/t17-,18+,21-,27+/m0/s1.